The first kappa shape index (κ1) is 23.7. The van der Waals surface area contributed by atoms with Crippen LogP contribution in [0.2, 0.25) is 0 Å². The lowest BCUT2D eigenvalue weighted by molar-refractivity contribution is -0.147. The number of carbonyl (C=O) groups excluding carboxylic acids is 3. The van der Waals surface area contributed by atoms with Crippen LogP contribution in [0.5, 0.6) is 0 Å². The highest BCUT2D eigenvalue weighted by molar-refractivity contribution is 5.87. The Morgan fingerprint density at radius 3 is 2.13 bits per heavy atom. The van der Waals surface area contributed by atoms with E-state index in [2.05, 4.69) is 10.1 Å². The number of ketones is 1. The van der Waals surface area contributed by atoms with Gasteiger partial charge < -0.3 is 10.1 Å². The van der Waals surface area contributed by atoms with Crippen LogP contribution >= 0.6 is 0 Å². The number of nitrogens with one attached hydrogen (secondary N) is 1. The van der Waals surface area contributed by atoms with E-state index in [4.69, 9.17) is 0 Å². The Morgan fingerprint density at radius 1 is 1.10 bits per heavy atom. The van der Waals surface area contributed by atoms with Crippen molar-refractivity contribution in [3.05, 3.63) is 34.9 Å². The number of amides is 1. The number of alkyl halides is 6. The first-order valence-electron chi connectivity index (χ1n) is 8.98. The Kier molecular flexibility index (Phi) is 7.14. The molecule has 30 heavy (non-hydrogen) atoms. The van der Waals surface area contributed by atoms with Gasteiger partial charge in [0.2, 0.25) is 5.91 Å². The van der Waals surface area contributed by atoms with Crippen LogP contribution in [0.1, 0.15) is 42.4 Å². The van der Waals surface area contributed by atoms with Crippen LogP contribution in [-0.2, 0) is 37.9 Å². The van der Waals surface area contributed by atoms with Gasteiger partial charge in [-0.1, -0.05) is 0 Å². The lowest BCUT2D eigenvalue weighted by Gasteiger charge is -2.28. The second kappa shape index (κ2) is 9.05. The molecular formula is C19H19F6NO4. The maximum atomic E-state index is 13.0. The molecule has 5 nitrogen and oxygen atoms in total. The molecule has 1 aromatic carbocycles. The summed E-state index contributed by atoms with van der Waals surface area (Å²) in [5.74, 6) is -2.48. The molecule has 1 saturated carbocycles. The monoisotopic (exact) mass is 439 g/mol. The molecule has 0 heterocycles. The number of methoxy groups -OCH3 is 1. The van der Waals surface area contributed by atoms with Crippen molar-refractivity contribution in [2.24, 2.45) is 5.92 Å². The molecule has 1 aromatic rings. The number of benzene rings is 1. The Morgan fingerprint density at radius 2 is 1.67 bits per heavy atom. The number of Topliss-reactive ketones (excluding diaryl/α,β-unsaturated/α-hetero) is 1. The number of halogens is 6. The van der Waals surface area contributed by atoms with E-state index < -0.39 is 59.3 Å². The first-order valence-corrected chi connectivity index (χ1v) is 8.98. The SMILES string of the molecule is COC(=O)[C@@H](NC(=O)Cc1cc(C(F)(F)F)cc(C(F)(F)F)c1)[C@H]1CCCC(=O)C1. The second-order valence-electron chi connectivity index (χ2n) is 7.05. The molecule has 1 N–H and O–H groups in total. The lowest BCUT2D eigenvalue weighted by Crippen LogP contribution is -2.48. The van der Waals surface area contributed by atoms with Crippen molar-refractivity contribution in [3.8, 4) is 0 Å². The number of carbonyl (C=O) groups is 3. The molecule has 0 unspecified atom stereocenters. The normalized spacial score (nSPS) is 18.6. The van der Waals surface area contributed by atoms with Crippen molar-refractivity contribution < 1.29 is 45.5 Å². The Labute approximate surface area is 167 Å². The highest BCUT2D eigenvalue weighted by atomic mass is 19.4. The minimum atomic E-state index is -5.04. The molecule has 1 aliphatic rings. The number of rotatable bonds is 5. The van der Waals surface area contributed by atoms with Crippen molar-refractivity contribution in [1.29, 1.82) is 0 Å². The Balaban J connectivity index is 2.24. The maximum Gasteiger partial charge on any atom is 0.416 e. The molecule has 11 heteroatoms. The molecule has 0 saturated heterocycles. The van der Waals surface area contributed by atoms with Gasteiger partial charge in [-0.25, -0.2) is 4.79 Å². The van der Waals surface area contributed by atoms with Crippen LogP contribution in [0.4, 0.5) is 26.3 Å². The van der Waals surface area contributed by atoms with E-state index in [-0.39, 0.29) is 18.3 Å². The highest BCUT2D eigenvalue weighted by Crippen LogP contribution is 2.36. The summed E-state index contributed by atoms with van der Waals surface area (Å²) in [5, 5.41) is 2.29. The van der Waals surface area contributed by atoms with Crippen LogP contribution in [0.25, 0.3) is 0 Å². The molecule has 0 bridgehead atoms. The van der Waals surface area contributed by atoms with Gasteiger partial charge in [0.25, 0.3) is 0 Å². The molecule has 0 aromatic heterocycles. The highest BCUT2D eigenvalue weighted by Gasteiger charge is 2.38. The molecule has 2 rings (SSSR count). The maximum absolute atomic E-state index is 13.0. The van der Waals surface area contributed by atoms with Gasteiger partial charge >= 0.3 is 18.3 Å². The second-order valence-corrected chi connectivity index (χ2v) is 7.05. The molecule has 166 valence electrons. The third kappa shape index (κ3) is 6.20. The fraction of sp³-hybridized carbons (Fsp3) is 0.526. The summed E-state index contributed by atoms with van der Waals surface area (Å²) in [6, 6.07) is -0.357. The molecule has 1 aliphatic carbocycles. The first-order chi connectivity index (χ1) is 13.8. The number of hydrogen-bond donors (Lipinski definition) is 1. The van der Waals surface area contributed by atoms with Gasteiger partial charge in [-0.15, -0.1) is 0 Å². The van der Waals surface area contributed by atoms with Gasteiger partial charge in [0.1, 0.15) is 11.8 Å². The average molecular weight is 439 g/mol. The van der Waals surface area contributed by atoms with Crippen molar-refractivity contribution >= 4 is 17.7 Å². The van der Waals surface area contributed by atoms with Crippen LogP contribution in [0.3, 0.4) is 0 Å². The molecule has 2 atom stereocenters. The third-order valence-corrected chi connectivity index (χ3v) is 4.78. The predicted molar refractivity (Wildman–Crippen MR) is 91.1 cm³/mol. The summed E-state index contributed by atoms with van der Waals surface area (Å²) in [5.41, 5.74) is -3.59. The van der Waals surface area contributed by atoms with Crippen molar-refractivity contribution in [1.82, 2.24) is 5.32 Å². The zero-order valence-corrected chi connectivity index (χ0v) is 15.8. The Hall–Kier alpha value is -2.59. The summed E-state index contributed by atoms with van der Waals surface area (Å²) in [7, 11) is 1.06. The van der Waals surface area contributed by atoms with Crippen LogP contribution in [0, 0.1) is 5.92 Å². The third-order valence-electron chi connectivity index (χ3n) is 4.78. The minimum Gasteiger partial charge on any atom is -0.467 e. The molecule has 0 aliphatic heterocycles. The number of esters is 1. The van der Waals surface area contributed by atoms with E-state index in [0.29, 0.717) is 31.4 Å². The zero-order chi connectivity index (χ0) is 22.7. The summed E-state index contributed by atoms with van der Waals surface area (Å²) in [6.07, 6.45) is -9.61. The van der Waals surface area contributed by atoms with Gasteiger partial charge in [-0.05, 0) is 42.5 Å². The number of hydrogen-bond acceptors (Lipinski definition) is 4. The van der Waals surface area contributed by atoms with E-state index in [0.717, 1.165) is 7.11 Å². The van der Waals surface area contributed by atoms with E-state index in [1.807, 2.05) is 0 Å². The summed E-state index contributed by atoms with van der Waals surface area (Å²) < 4.78 is 82.3. The molecule has 0 radical (unpaired) electrons. The van der Waals surface area contributed by atoms with Gasteiger partial charge in [0, 0.05) is 12.8 Å². The topological polar surface area (TPSA) is 72.5 Å². The zero-order valence-electron chi connectivity index (χ0n) is 15.8. The van der Waals surface area contributed by atoms with E-state index in [1.54, 1.807) is 0 Å². The van der Waals surface area contributed by atoms with E-state index in [9.17, 15) is 40.7 Å². The molecule has 1 fully saturated rings. The lowest BCUT2D eigenvalue weighted by atomic mass is 9.83. The molecule has 0 spiro atoms. The Bertz CT molecular complexity index is 786. The largest absolute Gasteiger partial charge is 0.467 e. The number of ether oxygens (including phenoxy) is 1. The van der Waals surface area contributed by atoms with Crippen LogP contribution in [0.15, 0.2) is 18.2 Å². The summed E-state index contributed by atoms with van der Waals surface area (Å²) >= 11 is 0. The molecule has 1 amide bonds. The minimum absolute atomic E-state index is 0.0157. The fourth-order valence-corrected chi connectivity index (χ4v) is 3.37. The van der Waals surface area contributed by atoms with Gasteiger partial charge in [-0.3, -0.25) is 9.59 Å². The van der Waals surface area contributed by atoms with E-state index in [1.165, 1.54) is 0 Å². The average Bonchev–Trinajstić information content (AvgIpc) is 2.63. The standard InChI is InChI=1S/C19H19F6NO4/c1-30-17(29)16(11-3-2-4-14(27)8-11)26-15(28)7-10-5-12(18(20,21)22)9-13(6-10)19(23,24)25/h5-6,9,11,16H,2-4,7-8H2,1H3,(H,26,28)/t11-,16-/m0/s1. The van der Waals surface area contributed by atoms with Gasteiger partial charge in [0.05, 0.1) is 24.7 Å². The van der Waals surface area contributed by atoms with Crippen molar-refractivity contribution in [2.75, 3.05) is 7.11 Å². The van der Waals surface area contributed by atoms with Crippen LogP contribution in [-0.4, -0.2) is 30.8 Å². The van der Waals surface area contributed by atoms with Crippen LogP contribution < -0.4 is 5.32 Å². The van der Waals surface area contributed by atoms with Crippen molar-refractivity contribution in [2.45, 2.75) is 50.5 Å². The quantitative estimate of drug-likeness (QED) is 0.561. The smallest absolute Gasteiger partial charge is 0.416 e. The fourth-order valence-electron chi connectivity index (χ4n) is 3.37. The van der Waals surface area contributed by atoms with Crippen molar-refractivity contribution in [3.63, 3.8) is 0 Å². The molecular weight excluding hydrogens is 420 g/mol. The summed E-state index contributed by atoms with van der Waals surface area (Å²) in [6.45, 7) is 0. The summed E-state index contributed by atoms with van der Waals surface area (Å²) in [4.78, 5) is 36.0. The predicted octanol–water partition coefficient (Wildman–Crippen LogP) is 3.68. The van der Waals surface area contributed by atoms with E-state index >= 15 is 0 Å². The van der Waals surface area contributed by atoms with Gasteiger partial charge in [0.15, 0.2) is 0 Å². The van der Waals surface area contributed by atoms with Gasteiger partial charge in [-0.2, -0.15) is 26.3 Å².